The monoisotopic (exact) mass is 374 g/mol. The van der Waals surface area contributed by atoms with E-state index in [-0.39, 0.29) is 13.2 Å². The number of hydrogen-bond acceptors (Lipinski definition) is 7. The van der Waals surface area contributed by atoms with Gasteiger partial charge in [0.05, 0.1) is 25.0 Å². The van der Waals surface area contributed by atoms with Crippen molar-refractivity contribution < 1.29 is 29.0 Å². The minimum atomic E-state index is -1.72. The molecular weight excluding hydrogens is 356 g/mol. The van der Waals surface area contributed by atoms with Crippen LogP contribution in [0.15, 0.2) is 30.6 Å². The summed E-state index contributed by atoms with van der Waals surface area (Å²) in [5.74, 6) is -2.55. The maximum absolute atomic E-state index is 12.8. The van der Waals surface area contributed by atoms with E-state index in [4.69, 9.17) is 9.47 Å². The van der Waals surface area contributed by atoms with Crippen LogP contribution >= 0.6 is 0 Å². The lowest BCUT2D eigenvalue weighted by molar-refractivity contribution is -0.177. The van der Waals surface area contributed by atoms with Crippen molar-refractivity contribution in [2.45, 2.75) is 26.1 Å². The van der Waals surface area contributed by atoms with Crippen LogP contribution in [0.3, 0.4) is 0 Å². The number of nitrogens with zero attached hydrogens (tertiary/aromatic N) is 4. The number of amides is 1. The summed E-state index contributed by atoms with van der Waals surface area (Å²) >= 11 is 0. The molecule has 2 aromatic heterocycles. The lowest BCUT2D eigenvalue weighted by Gasteiger charge is -2.33. The number of aryl methyl sites for hydroxylation is 1. The van der Waals surface area contributed by atoms with Crippen molar-refractivity contribution in [3.8, 4) is 5.69 Å². The molecule has 1 amide bonds. The molecule has 1 aliphatic rings. The molecule has 27 heavy (non-hydrogen) atoms. The van der Waals surface area contributed by atoms with Crippen molar-refractivity contribution >= 4 is 23.7 Å². The molecule has 1 unspecified atom stereocenters. The summed E-state index contributed by atoms with van der Waals surface area (Å²) in [6.45, 7) is 3.18. The number of morpholine rings is 1. The second-order valence-corrected chi connectivity index (χ2v) is 5.92. The second-order valence-electron chi connectivity index (χ2n) is 5.92. The molecule has 2 aromatic rings. The highest BCUT2D eigenvalue weighted by molar-refractivity contribution is 6.00. The van der Waals surface area contributed by atoms with Crippen molar-refractivity contribution in [2.24, 2.45) is 0 Å². The van der Waals surface area contributed by atoms with Gasteiger partial charge in [-0.15, -0.1) is 5.10 Å². The van der Waals surface area contributed by atoms with Crippen molar-refractivity contribution in [2.75, 3.05) is 18.1 Å². The first-order chi connectivity index (χ1) is 12.9. The molecule has 3 rings (SSSR count). The number of carboxylic acid groups (broad SMARTS) is 1. The molecule has 0 aromatic carbocycles. The van der Waals surface area contributed by atoms with Crippen LogP contribution in [0, 0.1) is 6.92 Å². The van der Waals surface area contributed by atoms with Crippen molar-refractivity contribution in [3.63, 3.8) is 0 Å². The summed E-state index contributed by atoms with van der Waals surface area (Å²) < 4.78 is 11.7. The lowest BCUT2D eigenvalue weighted by atomic mass is 10.1. The van der Waals surface area contributed by atoms with Crippen molar-refractivity contribution in [1.29, 1.82) is 0 Å². The average Bonchev–Trinajstić information content (AvgIpc) is 3.02. The van der Waals surface area contributed by atoms with E-state index in [0.717, 1.165) is 18.3 Å². The minimum absolute atomic E-state index is 0.0836. The number of ether oxygens (including phenoxy) is 2. The van der Waals surface area contributed by atoms with Crippen molar-refractivity contribution in [3.05, 3.63) is 36.3 Å². The summed E-state index contributed by atoms with van der Waals surface area (Å²) in [4.78, 5) is 40.8. The van der Waals surface area contributed by atoms with E-state index in [1.807, 2.05) is 13.0 Å². The molecule has 0 bridgehead atoms. The van der Waals surface area contributed by atoms with Gasteiger partial charge in [-0.05, 0) is 19.1 Å². The predicted octanol–water partition coefficient (Wildman–Crippen LogP) is 0.324. The Morgan fingerprint density at radius 3 is 2.85 bits per heavy atom. The lowest BCUT2D eigenvalue weighted by Crippen LogP contribution is -2.55. The van der Waals surface area contributed by atoms with E-state index in [1.165, 1.54) is 4.90 Å². The highest BCUT2D eigenvalue weighted by atomic mass is 16.6. The maximum atomic E-state index is 12.8. The van der Waals surface area contributed by atoms with Gasteiger partial charge in [0.2, 0.25) is 6.10 Å². The molecule has 1 saturated heterocycles. The van der Waals surface area contributed by atoms with Gasteiger partial charge in [-0.3, -0.25) is 19.5 Å². The molecule has 142 valence electrons. The number of carbonyl (C=O) groups excluding carboxylic acids is 2. The number of aromatic nitrogens is 3. The van der Waals surface area contributed by atoms with Crippen molar-refractivity contribution in [1.82, 2.24) is 14.8 Å². The summed E-state index contributed by atoms with van der Waals surface area (Å²) in [6, 6.07) is 5.29. The van der Waals surface area contributed by atoms with Crippen LogP contribution in [0.4, 0.5) is 5.82 Å². The number of rotatable bonds is 5. The molecule has 1 fully saturated rings. The first-order valence-corrected chi connectivity index (χ1v) is 8.18. The molecule has 2 atom stereocenters. The van der Waals surface area contributed by atoms with E-state index >= 15 is 0 Å². The fourth-order valence-electron chi connectivity index (χ4n) is 2.80. The molecule has 1 N–H and O–H groups in total. The Labute approximate surface area is 154 Å². The number of aliphatic carboxylic acids is 1. The van der Waals surface area contributed by atoms with Crippen LogP contribution < -0.4 is 4.90 Å². The zero-order chi connectivity index (χ0) is 19.6. The molecule has 0 aliphatic carbocycles. The molecule has 1 aliphatic heterocycles. The number of carbonyl (C=O) groups is 3. The number of esters is 1. The van der Waals surface area contributed by atoms with Crippen LogP contribution in [-0.2, 0) is 23.9 Å². The van der Waals surface area contributed by atoms with Gasteiger partial charge in [0.15, 0.2) is 11.9 Å². The predicted molar refractivity (Wildman–Crippen MR) is 91.4 cm³/mol. The van der Waals surface area contributed by atoms with Crippen LogP contribution in [0.25, 0.3) is 5.69 Å². The average molecular weight is 374 g/mol. The summed E-state index contributed by atoms with van der Waals surface area (Å²) in [6.07, 6.45) is 0.109. The Morgan fingerprint density at radius 2 is 2.22 bits per heavy atom. The molecule has 10 nitrogen and oxygen atoms in total. The summed E-state index contributed by atoms with van der Waals surface area (Å²) in [5, 5.41) is 13.7. The molecule has 0 spiro atoms. The topological polar surface area (TPSA) is 124 Å². The maximum Gasteiger partial charge on any atom is 0.348 e. The Hall–Kier alpha value is -3.27. The van der Waals surface area contributed by atoms with Gasteiger partial charge in [0.25, 0.3) is 5.91 Å². The van der Waals surface area contributed by atoms with E-state index < -0.39 is 30.1 Å². The van der Waals surface area contributed by atoms with Gasteiger partial charge in [0.1, 0.15) is 0 Å². The number of anilines is 1. The molecule has 10 heteroatoms. The summed E-state index contributed by atoms with van der Waals surface area (Å²) in [5.41, 5.74) is 1.49. The van der Waals surface area contributed by atoms with Gasteiger partial charge >= 0.3 is 11.9 Å². The highest BCUT2D eigenvalue weighted by Gasteiger charge is 2.43. The fourth-order valence-corrected chi connectivity index (χ4v) is 2.80. The van der Waals surface area contributed by atoms with E-state index in [9.17, 15) is 19.5 Å². The normalized spacial score (nSPS) is 18.2. The SMILES string of the molecule is CC(=O)OC(C(=O)O)[C@H]1OCCN(c2cc(C)n(-c3cccnc3)n2)C1=O. The third kappa shape index (κ3) is 3.80. The van der Waals surface area contributed by atoms with E-state index in [0.29, 0.717) is 5.82 Å². The van der Waals surface area contributed by atoms with Crippen LogP contribution in [0.5, 0.6) is 0 Å². The fraction of sp³-hybridized carbons (Fsp3) is 0.353. The van der Waals surface area contributed by atoms with Crippen LogP contribution in [0.1, 0.15) is 12.6 Å². The second kappa shape index (κ2) is 7.54. The largest absolute Gasteiger partial charge is 0.478 e. The Kier molecular flexibility index (Phi) is 5.17. The molecular formula is C17H18N4O6. The third-order valence-electron chi connectivity index (χ3n) is 3.97. The molecule has 3 heterocycles. The summed E-state index contributed by atoms with van der Waals surface area (Å²) in [7, 11) is 0. The first-order valence-electron chi connectivity index (χ1n) is 8.18. The highest BCUT2D eigenvalue weighted by Crippen LogP contribution is 2.23. The van der Waals surface area contributed by atoms with Gasteiger partial charge in [-0.2, -0.15) is 0 Å². The smallest absolute Gasteiger partial charge is 0.348 e. The van der Waals surface area contributed by atoms with Gasteiger partial charge in [0, 0.05) is 24.9 Å². The standard InChI is InChI=1S/C17H18N4O6/c1-10-8-13(19-21(10)12-4-3-5-18-9-12)20-6-7-26-14(16(20)23)15(17(24)25)27-11(2)22/h3-5,8-9,14-15H,6-7H2,1-2H3,(H,24,25)/t14-,15?/m1/s1. The Bertz CT molecular complexity index is 866. The number of carboxylic acids is 1. The third-order valence-corrected chi connectivity index (χ3v) is 3.97. The van der Waals surface area contributed by atoms with E-state index in [1.54, 1.807) is 29.2 Å². The zero-order valence-electron chi connectivity index (χ0n) is 14.7. The first kappa shape index (κ1) is 18.5. The number of hydrogen-bond donors (Lipinski definition) is 1. The van der Waals surface area contributed by atoms with Gasteiger partial charge in [-0.1, -0.05) is 0 Å². The molecule has 0 saturated carbocycles. The number of pyridine rings is 1. The Balaban J connectivity index is 1.88. The van der Waals surface area contributed by atoms with E-state index in [2.05, 4.69) is 10.1 Å². The van der Waals surface area contributed by atoms with Gasteiger partial charge in [-0.25, -0.2) is 9.48 Å². The quantitative estimate of drug-likeness (QED) is 0.742. The van der Waals surface area contributed by atoms with Gasteiger partial charge < -0.3 is 14.6 Å². The van der Waals surface area contributed by atoms with Crippen LogP contribution in [0.2, 0.25) is 0 Å². The minimum Gasteiger partial charge on any atom is -0.478 e. The Morgan fingerprint density at radius 1 is 1.44 bits per heavy atom. The van der Waals surface area contributed by atoms with Crippen LogP contribution in [-0.4, -0.2) is 63.1 Å². The molecule has 0 radical (unpaired) electrons. The zero-order valence-corrected chi connectivity index (χ0v) is 14.7.